The third-order valence-electron chi connectivity index (χ3n) is 2.25. The monoisotopic (exact) mass is 243 g/mol. The number of benzene rings is 1. The molecule has 0 spiro atoms. The van der Waals surface area contributed by atoms with E-state index in [4.69, 9.17) is 9.84 Å². The number of nitrogens with one attached hydrogen (secondary N) is 1. The van der Waals surface area contributed by atoms with Crippen LogP contribution in [-0.2, 0) is 4.79 Å². The van der Waals surface area contributed by atoms with Gasteiger partial charge in [0.05, 0.1) is 19.3 Å². The highest BCUT2D eigenvalue weighted by Crippen LogP contribution is 2.25. The van der Waals surface area contributed by atoms with Crippen molar-refractivity contribution in [1.29, 1.82) is 0 Å². The van der Waals surface area contributed by atoms with Gasteiger partial charge < -0.3 is 20.3 Å². The first kappa shape index (κ1) is 13.2. The second-order valence-corrected chi connectivity index (χ2v) is 3.78. The number of hydrogen-bond acceptors (Lipinski definition) is 4. The quantitative estimate of drug-likeness (QED) is 0.721. The third kappa shape index (κ3) is 3.32. The molecule has 1 aromatic rings. The van der Waals surface area contributed by atoms with Gasteiger partial charge in [-0.3, -0.25) is 0 Å². The molecule has 0 aliphatic heterocycles. The maximum Gasteiger partial charge on any atom is 0.337 e. The van der Waals surface area contributed by atoms with Crippen LogP contribution in [0.5, 0.6) is 5.75 Å². The molecule has 0 bridgehead atoms. The molecule has 0 fully saturated rings. The van der Waals surface area contributed by atoms with Crippen LogP contribution in [0.1, 0.15) is 6.92 Å². The van der Waals surface area contributed by atoms with E-state index in [-0.39, 0.29) is 12.3 Å². The number of halogens is 1. The Balaban J connectivity index is 2.79. The highest BCUT2D eigenvalue weighted by molar-refractivity contribution is 5.77. The predicted octanol–water partition coefficient (Wildman–Crippen LogP) is 1.08. The number of aliphatic hydroxyl groups is 1. The van der Waals surface area contributed by atoms with E-state index < -0.39 is 17.4 Å². The van der Waals surface area contributed by atoms with Gasteiger partial charge in [-0.2, -0.15) is 0 Å². The van der Waals surface area contributed by atoms with Crippen LogP contribution in [0.15, 0.2) is 18.2 Å². The van der Waals surface area contributed by atoms with E-state index >= 15 is 0 Å². The summed E-state index contributed by atoms with van der Waals surface area (Å²) in [6.07, 6.45) is 0. The van der Waals surface area contributed by atoms with Crippen molar-refractivity contribution >= 4 is 11.7 Å². The van der Waals surface area contributed by atoms with Gasteiger partial charge in [0.2, 0.25) is 0 Å². The molecule has 6 heteroatoms. The second-order valence-electron chi connectivity index (χ2n) is 3.78. The molecule has 0 saturated heterocycles. The molecule has 1 unspecified atom stereocenters. The lowest BCUT2D eigenvalue weighted by Gasteiger charge is -2.20. The van der Waals surface area contributed by atoms with Crippen molar-refractivity contribution in [1.82, 2.24) is 0 Å². The molecule has 17 heavy (non-hydrogen) atoms. The number of carboxylic acids is 1. The second kappa shape index (κ2) is 5.01. The maximum absolute atomic E-state index is 12.9. The molecule has 1 rings (SSSR count). The average molecular weight is 243 g/mol. The van der Waals surface area contributed by atoms with E-state index in [0.29, 0.717) is 5.69 Å². The number of carboxylic acid groups (broad SMARTS) is 1. The minimum atomic E-state index is -1.90. The van der Waals surface area contributed by atoms with Crippen molar-refractivity contribution in [2.45, 2.75) is 12.5 Å². The highest BCUT2D eigenvalue weighted by Gasteiger charge is 2.29. The zero-order valence-corrected chi connectivity index (χ0v) is 9.53. The Kier molecular flexibility index (Phi) is 3.90. The number of anilines is 1. The van der Waals surface area contributed by atoms with Crippen LogP contribution in [0, 0.1) is 5.82 Å². The van der Waals surface area contributed by atoms with E-state index in [1.54, 1.807) is 0 Å². The molecule has 5 nitrogen and oxygen atoms in total. The Morgan fingerprint density at radius 2 is 2.24 bits per heavy atom. The Morgan fingerprint density at radius 3 is 2.76 bits per heavy atom. The summed E-state index contributed by atoms with van der Waals surface area (Å²) in [5.41, 5.74) is -1.49. The zero-order chi connectivity index (χ0) is 13.1. The molecule has 0 aromatic heterocycles. The van der Waals surface area contributed by atoms with Gasteiger partial charge in [0.25, 0.3) is 0 Å². The van der Waals surface area contributed by atoms with Gasteiger partial charge in [-0.1, -0.05) is 0 Å². The lowest BCUT2D eigenvalue weighted by Crippen LogP contribution is -2.41. The first-order valence-electron chi connectivity index (χ1n) is 4.90. The van der Waals surface area contributed by atoms with Crippen LogP contribution in [0.25, 0.3) is 0 Å². The van der Waals surface area contributed by atoms with E-state index in [1.165, 1.54) is 26.2 Å². The van der Waals surface area contributed by atoms with Crippen molar-refractivity contribution < 1.29 is 24.1 Å². The summed E-state index contributed by atoms with van der Waals surface area (Å²) in [5, 5.41) is 20.9. The summed E-state index contributed by atoms with van der Waals surface area (Å²) < 4.78 is 17.8. The Labute approximate surface area is 97.8 Å². The van der Waals surface area contributed by atoms with Crippen molar-refractivity contribution in [3.8, 4) is 5.75 Å². The van der Waals surface area contributed by atoms with E-state index in [0.717, 1.165) is 6.07 Å². The predicted molar refractivity (Wildman–Crippen MR) is 59.7 cm³/mol. The summed E-state index contributed by atoms with van der Waals surface area (Å²) in [6, 6.07) is 3.78. The van der Waals surface area contributed by atoms with E-state index in [1.807, 2.05) is 0 Å². The molecule has 1 aromatic carbocycles. The summed E-state index contributed by atoms with van der Waals surface area (Å²) >= 11 is 0. The number of aliphatic carboxylic acids is 1. The fraction of sp³-hybridized carbons (Fsp3) is 0.364. The summed E-state index contributed by atoms with van der Waals surface area (Å²) in [4.78, 5) is 10.7. The van der Waals surface area contributed by atoms with Crippen molar-refractivity contribution in [3.05, 3.63) is 24.0 Å². The smallest absolute Gasteiger partial charge is 0.337 e. The van der Waals surface area contributed by atoms with Crippen molar-refractivity contribution in [2.75, 3.05) is 19.0 Å². The van der Waals surface area contributed by atoms with Crippen LogP contribution in [0.4, 0.5) is 10.1 Å². The molecule has 1 atom stereocenters. The zero-order valence-electron chi connectivity index (χ0n) is 9.53. The number of carbonyl (C=O) groups is 1. The van der Waals surface area contributed by atoms with Gasteiger partial charge >= 0.3 is 5.97 Å². The minimum absolute atomic E-state index is 0.218. The Bertz CT molecular complexity index is 420. The van der Waals surface area contributed by atoms with Crippen LogP contribution in [0.3, 0.4) is 0 Å². The average Bonchev–Trinajstić information content (AvgIpc) is 2.27. The molecule has 0 amide bonds. The van der Waals surface area contributed by atoms with Crippen LogP contribution in [-0.4, -0.2) is 35.4 Å². The summed E-state index contributed by atoms with van der Waals surface area (Å²) in [6.45, 7) is 0.947. The van der Waals surface area contributed by atoms with Crippen LogP contribution >= 0.6 is 0 Å². The van der Waals surface area contributed by atoms with Gasteiger partial charge in [-0.25, -0.2) is 9.18 Å². The van der Waals surface area contributed by atoms with Gasteiger partial charge in [-0.05, 0) is 19.1 Å². The Hall–Kier alpha value is -1.82. The van der Waals surface area contributed by atoms with Gasteiger partial charge in [0.15, 0.2) is 5.60 Å². The molecule has 0 saturated carbocycles. The summed E-state index contributed by atoms with van der Waals surface area (Å²) in [7, 11) is 1.37. The topological polar surface area (TPSA) is 78.8 Å². The van der Waals surface area contributed by atoms with Crippen molar-refractivity contribution in [3.63, 3.8) is 0 Å². The number of rotatable bonds is 5. The molecular weight excluding hydrogens is 229 g/mol. The number of hydrogen-bond donors (Lipinski definition) is 3. The van der Waals surface area contributed by atoms with Crippen molar-refractivity contribution in [2.24, 2.45) is 0 Å². The van der Waals surface area contributed by atoms with Gasteiger partial charge in [0.1, 0.15) is 11.6 Å². The van der Waals surface area contributed by atoms with Crippen LogP contribution in [0.2, 0.25) is 0 Å². The lowest BCUT2D eigenvalue weighted by atomic mass is 10.1. The highest BCUT2D eigenvalue weighted by atomic mass is 19.1. The first-order chi connectivity index (χ1) is 7.86. The fourth-order valence-corrected chi connectivity index (χ4v) is 1.15. The lowest BCUT2D eigenvalue weighted by molar-refractivity contribution is -0.155. The molecule has 94 valence electrons. The van der Waals surface area contributed by atoms with Crippen LogP contribution < -0.4 is 10.1 Å². The Morgan fingerprint density at radius 1 is 1.59 bits per heavy atom. The largest absolute Gasteiger partial charge is 0.494 e. The number of methoxy groups -OCH3 is 1. The molecule has 3 N–H and O–H groups in total. The molecule has 0 aliphatic carbocycles. The van der Waals surface area contributed by atoms with Gasteiger partial charge in [-0.15, -0.1) is 0 Å². The third-order valence-corrected chi connectivity index (χ3v) is 2.25. The molecule has 0 aliphatic rings. The molecule has 0 heterocycles. The number of ether oxygens (including phenoxy) is 1. The minimum Gasteiger partial charge on any atom is -0.494 e. The van der Waals surface area contributed by atoms with E-state index in [2.05, 4.69) is 5.32 Å². The standard InChI is InChI=1S/C11H14FNO4/c1-11(16,10(14)15)6-13-8-4-3-7(12)5-9(8)17-2/h3-5,13,16H,6H2,1-2H3,(H,14,15). The van der Waals surface area contributed by atoms with E-state index in [9.17, 15) is 14.3 Å². The molecular formula is C11H14FNO4. The normalized spacial score (nSPS) is 13.9. The SMILES string of the molecule is COc1cc(F)ccc1NCC(C)(O)C(=O)O. The van der Waals surface area contributed by atoms with Gasteiger partial charge in [0, 0.05) is 6.07 Å². The first-order valence-corrected chi connectivity index (χ1v) is 4.90. The maximum atomic E-state index is 12.9. The molecule has 0 radical (unpaired) electrons. The summed E-state index contributed by atoms with van der Waals surface area (Å²) in [5.74, 6) is -1.56. The fourth-order valence-electron chi connectivity index (χ4n) is 1.15.